The van der Waals surface area contributed by atoms with Crippen molar-refractivity contribution >= 4 is 17.5 Å². The lowest BCUT2D eigenvalue weighted by Gasteiger charge is -2.40. The van der Waals surface area contributed by atoms with Crippen LogP contribution in [-0.2, 0) is 21.4 Å². The maximum atomic E-state index is 12.3. The normalized spacial score (nSPS) is 21.5. The number of carbonyl (C=O) groups is 2. The predicted octanol–water partition coefficient (Wildman–Crippen LogP) is 0.364. The molecule has 0 unspecified atom stereocenters. The third-order valence-electron chi connectivity index (χ3n) is 4.42. The Balaban J connectivity index is 1.95. The van der Waals surface area contributed by atoms with E-state index in [9.17, 15) is 9.59 Å². The van der Waals surface area contributed by atoms with Crippen molar-refractivity contribution in [3.63, 3.8) is 0 Å². The van der Waals surface area contributed by atoms with E-state index >= 15 is 0 Å². The molecule has 2 rings (SSSR count). The first-order valence-electron chi connectivity index (χ1n) is 8.29. The summed E-state index contributed by atoms with van der Waals surface area (Å²) in [6, 6.07) is 0.0701. The summed E-state index contributed by atoms with van der Waals surface area (Å²) in [7, 11) is 5.13. The zero-order valence-electron chi connectivity index (χ0n) is 14.6. The average Bonchev–Trinajstić information content (AvgIpc) is 2.97. The van der Waals surface area contributed by atoms with Gasteiger partial charge in [0.2, 0.25) is 11.8 Å². The molecular weight excluding hydrogens is 310 g/mol. The van der Waals surface area contributed by atoms with Crippen molar-refractivity contribution in [2.75, 3.05) is 32.6 Å². The summed E-state index contributed by atoms with van der Waals surface area (Å²) in [4.78, 5) is 26.0. The molecule has 2 N–H and O–H groups in total. The van der Waals surface area contributed by atoms with E-state index in [1.165, 1.54) is 0 Å². The number of methoxy groups -OCH3 is 1. The highest BCUT2D eigenvalue weighted by Gasteiger charge is 2.32. The maximum Gasteiger partial charge on any atom is 0.238 e. The number of ether oxygens (including phenoxy) is 1. The highest BCUT2D eigenvalue weighted by molar-refractivity contribution is 5.92. The van der Waals surface area contributed by atoms with Crippen molar-refractivity contribution in [3.05, 3.63) is 12.4 Å². The number of nitrogens with zero attached hydrogens (tertiary/aromatic N) is 3. The molecule has 24 heavy (non-hydrogen) atoms. The van der Waals surface area contributed by atoms with Crippen molar-refractivity contribution in [2.45, 2.75) is 37.8 Å². The zero-order chi connectivity index (χ0) is 17.5. The molecule has 1 aliphatic rings. The topological polar surface area (TPSA) is 88.5 Å². The number of carbonyl (C=O) groups excluding carboxylic acids is 2. The number of piperidine rings is 1. The molecule has 0 bridgehead atoms. The predicted molar refractivity (Wildman–Crippen MR) is 90.5 cm³/mol. The van der Waals surface area contributed by atoms with Crippen molar-refractivity contribution in [2.24, 2.45) is 7.05 Å². The van der Waals surface area contributed by atoms with Crippen LogP contribution >= 0.6 is 0 Å². The van der Waals surface area contributed by atoms with E-state index in [1.807, 2.05) is 0 Å². The van der Waals surface area contributed by atoms with E-state index < -0.39 is 0 Å². The second-order valence-corrected chi connectivity index (χ2v) is 6.12. The van der Waals surface area contributed by atoms with Crippen LogP contribution in [0.2, 0.25) is 0 Å². The van der Waals surface area contributed by atoms with Gasteiger partial charge in [-0.2, -0.15) is 5.10 Å². The van der Waals surface area contributed by atoms with Crippen molar-refractivity contribution in [3.8, 4) is 0 Å². The molecule has 0 spiro atoms. The Morgan fingerprint density at radius 2 is 2.21 bits per heavy atom. The summed E-state index contributed by atoms with van der Waals surface area (Å²) in [5.74, 6) is -0.0696. The third kappa shape index (κ3) is 5.04. The average molecular weight is 337 g/mol. The van der Waals surface area contributed by atoms with Crippen LogP contribution in [0.5, 0.6) is 0 Å². The van der Waals surface area contributed by atoms with Crippen molar-refractivity contribution in [1.82, 2.24) is 20.0 Å². The Hall–Kier alpha value is -1.93. The summed E-state index contributed by atoms with van der Waals surface area (Å²) in [5, 5.41) is 9.54. The van der Waals surface area contributed by atoms with Gasteiger partial charge in [0, 0.05) is 39.9 Å². The fraction of sp³-hybridized carbons (Fsp3) is 0.688. The van der Waals surface area contributed by atoms with E-state index in [4.69, 9.17) is 4.74 Å². The zero-order valence-corrected chi connectivity index (χ0v) is 14.6. The first kappa shape index (κ1) is 18.4. The number of hydrogen-bond donors (Lipinski definition) is 2. The van der Waals surface area contributed by atoms with Gasteiger partial charge in [0.15, 0.2) is 0 Å². The Kier molecular flexibility index (Phi) is 6.74. The van der Waals surface area contributed by atoms with Crippen molar-refractivity contribution in [1.29, 1.82) is 0 Å². The molecule has 1 saturated heterocycles. The second-order valence-electron chi connectivity index (χ2n) is 6.12. The molecule has 1 aromatic heterocycles. The smallest absolute Gasteiger partial charge is 0.238 e. The molecule has 2 heterocycles. The number of aromatic nitrogens is 2. The first-order chi connectivity index (χ1) is 11.5. The van der Waals surface area contributed by atoms with Gasteiger partial charge in [0.1, 0.15) is 0 Å². The fourth-order valence-electron chi connectivity index (χ4n) is 3.20. The lowest BCUT2D eigenvalue weighted by molar-refractivity contribution is -0.122. The number of likely N-dealkylation sites (tertiary alicyclic amines) is 1. The Morgan fingerprint density at radius 1 is 1.42 bits per heavy atom. The SMILES string of the molecule is CNC(=O)CC[C@H]1[C@@H](OC)CCCN1CC(=O)Nc1cnn(C)c1. The van der Waals surface area contributed by atoms with Crippen molar-refractivity contribution < 1.29 is 14.3 Å². The van der Waals surface area contributed by atoms with Crippen LogP contribution < -0.4 is 10.6 Å². The van der Waals surface area contributed by atoms with Crippen LogP contribution in [0.3, 0.4) is 0 Å². The molecule has 0 saturated carbocycles. The number of hydrogen-bond acceptors (Lipinski definition) is 5. The highest BCUT2D eigenvalue weighted by atomic mass is 16.5. The van der Waals surface area contributed by atoms with Gasteiger partial charge in [0.25, 0.3) is 0 Å². The summed E-state index contributed by atoms with van der Waals surface area (Å²) in [6.45, 7) is 1.12. The molecule has 1 aliphatic heterocycles. The van der Waals surface area contributed by atoms with Gasteiger partial charge in [-0.1, -0.05) is 0 Å². The number of rotatable bonds is 7. The lowest BCUT2D eigenvalue weighted by atomic mass is 9.94. The molecule has 2 atom stereocenters. The van der Waals surface area contributed by atoms with Crippen LogP contribution in [0.25, 0.3) is 0 Å². The molecule has 8 heteroatoms. The van der Waals surface area contributed by atoms with Crippen LogP contribution in [0.15, 0.2) is 12.4 Å². The number of nitrogens with one attached hydrogen (secondary N) is 2. The molecule has 0 radical (unpaired) electrons. The lowest BCUT2D eigenvalue weighted by Crippen LogP contribution is -2.51. The standard InChI is InChI=1S/C16H27N5O3/c1-17-15(22)7-6-13-14(24-3)5-4-8-21(13)11-16(23)19-12-9-18-20(2)10-12/h9-10,13-14H,4-8,11H2,1-3H3,(H,17,22)(H,19,23)/t13-,14-/m0/s1. The van der Waals surface area contributed by atoms with E-state index in [0.29, 0.717) is 18.5 Å². The van der Waals surface area contributed by atoms with Gasteiger partial charge < -0.3 is 15.4 Å². The van der Waals surface area contributed by atoms with Crippen LogP contribution in [0.1, 0.15) is 25.7 Å². The summed E-state index contributed by atoms with van der Waals surface area (Å²) in [6.07, 6.45) is 6.48. The number of aryl methyl sites for hydroxylation is 1. The van der Waals surface area contributed by atoms with Gasteiger partial charge in [-0.25, -0.2) is 0 Å². The molecule has 134 valence electrons. The van der Waals surface area contributed by atoms with Gasteiger partial charge in [-0.05, 0) is 25.8 Å². The van der Waals surface area contributed by atoms with Crippen LogP contribution in [-0.4, -0.2) is 65.9 Å². The summed E-state index contributed by atoms with van der Waals surface area (Å²) in [5.41, 5.74) is 0.685. The summed E-state index contributed by atoms with van der Waals surface area (Å²) >= 11 is 0. The van der Waals surface area contributed by atoms with Gasteiger partial charge in [-0.3, -0.25) is 19.2 Å². The molecule has 0 aliphatic carbocycles. The highest BCUT2D eigenvalue weighted by Crippen LogP contribution is 2.23. The van der Waals surface area contributed by atoms with Crippen LogP contribution in [0, 0.1) is 0 Å². The molecular formula is C16H27N5O3. The molecule has 8 nitrogen and oxygen atoms in total. The Bertz CT molecular complexity index is 560. The van der Waals surface area contributed by atoms with Gasteiger partial charge in [-0.15, -0.1) is 0 Å². The minimum Gasteiger partial charge on any atom is -0.380 e. The molecule has 2 amide bonds. The molecule has 1 aromatic rings. The van der Waals surface area contributed by atoms with Crippen LogP contribution in [0.4, 0.5) is 5.69 Å². The van der Waals surface area contributed by atoms with E-state index in [0.717, 1.165) is 19.4 Å². The first-order valence-corrected chi connectivity index (χ1v) is 8.29. The molecule has 0 aromatic carbocycles. The Morgan fingerprint density at radius 3 is 2.83 bits per heavy atom. The monoisotopic (exact) mass is 337 g/mol. The maximum absolute atomic E-state index is 12.3. The second kappa shape index (κ2) is 8.79. The number of amides is 2. The van der Waals surface area contributed by atoms with Gasteiger partial charge in [0.05, 0.1) is 24.5 Å². The van der Waals surface area contributed by atoms with E-state index in [2.05, 4.69) is 20.6 Å². The Labute approximate surface area is 142 Å². The third-order valence-corrected chi connectivity index (χ3v) is 4.42. The largest absolute Gasteiger partial charge is 0.380 e. The summed E-state index contributed by atoms with van der Waals surface area (Å²) < 4.78 is 7.23. The fourth-order valence-corrected chi connectivity index (χ4v) is 3.20. The number of anilines is 1. The minimum absolute atomic E-state index is 0.00943. The van der Waals surface area contributed by atoms with Gasteiger partial charge >= 0.3 is 0 Å². The minimum atomic E-state index is -0.0790. The quantitative estimate of drug-likeness (QED) is 0.750. The van der Waals surface area contributed by atoms with E-state index in [-0.39, 0.29) is 30.5 Å². The van der Waals surface area contributed by atoms with E-state index in [1.54, 1.807) is 38.3 Å². The molecule has 1 fully saturated rings.